The largest absolute Gasteiger partial charge is 0.493 e. The summed E-state index contributed by atoms with van der Waals surface area (Å²) in [6.45, 7) is 4.35. The first-order chi connectivity index (χ1) is 13.8. The zero-order chi connectivity index (χ0) is 21.0. The molecule has 0 N–H and O–H groups in total. The summed E-state index contributed by atoms with van der Waals surface area (Å²) in [6, 6.07) is 2.60. The third-order valence-electron chi connectivity index (χ3n) is 6.63. The van der Waals surface area contributed by atoms with E-state index >= 15 is 0 Å². The lowest BCUT2D eigenvalue weighted by molar-refractivity contribution is -0.141. The average Bonchev–Trinajstić information content (AvgIpc) is 2.68. The molecule has 0 aromatic heterocycles. The Hall–Kier alpha value is -1.30. The van der Waals surface area contributed by atoms with Crippen LogP contribution in [0.5, 0.6) is 5.75 Å². The summed E-state index contributed by atoms with van der Waals surface area (Å²) in [5.74, 6) is 0.180. The highest BCUT2D eigenvalue weighted by atomic mass is 19.4. The van der Waals surface area contributed by atoms with Crippen molar-refractivity contribution in [2.75, 3.05) is 13.2 Å². The molecule has 3 rings (SSSR count). The number of hydrogen-bond donors (Lipinski definition) is 0. The van der Waals surface area contributed by atoms with Crippen LogP contribution in [0.1, 0.15) is 82.4 Å². The molecule has 1 saturated carbocycles. The molecule has 1 aromatic carbocycles. The Morgan fingerprint density at radius 3 is 2.24 bits per heavy atom. The molecule has 2 aliphatic rings. The molecule has 2 nitrogen and oxygen atoms in total. The number of hydrogen-bond acceptors (Lipinski definition) is 2. The molecule has 0 spiro atoms. The van der Waals surface area contributed by atoms with Gasteiger partial charge in [0.1, 0.15) is 17.1 Å². The van der Waals surface area contributed by atoms with E-state index in [0.29, 0.717) is 24.9 Å². The molecular weight excluding hydrogens is 384 g/mol. The summed E-state index contributed by atoms with van der Waals surface area (Å²) in [7, 11) is 0. The van der Waals surface area contributed by atoms with E-state index in [2.05, 4.69) is 6.92 Å². The van der Waals surface area contributed by atoms with E-state index in [-0.39, 0.29) is 12.2 Å². The van der Waals surface area contributed by atoms with Gasteiger partial charge in [-0.15, -0.1) is 0 Å². The van der Waals surface area contributed by atoms with E-state index in [1.54, 1.807) is 6.92 Å². The third kappa shape index (κ3) is 5.25. The van der Waals surface area contributed by atoms with Gasteiger partial charge in [-0.1, -0.05) is 32.6 Å². The van der Waals surface area contributed by atoms with Crippen molar-refractivity contribution in [2.45, 2.75) is 77.5 Å². The van der Waals surface area contributed by atoms with Gasteiger partial charge in [0.2, 0.25) is 0 Å². The fraction of sp³-hybridized carbons (Fsp3) is 0.739. The van der Waals surface area contributed by atoms with Gasteiger partial charge >= 0.3 is 6.18 Å². The molecule has 1 aromatic rings. The van der Waals surface area contributed by atoms with Crippen molar-refractivity contribution in [3.8, 4) is 5.75 Å². The fourth-order valence-electron chi connectivity index (χ4n) is 5.11. The van der Waals surface area contributed by atoms with Crippen LogP contribution in [0, 0.1) is 23.6 Å². The van der Waals surface area contributed by atoms with Crippen LogP contribution in [0.15, 0.2) is 12.1 Å². The van der Waals surface area contributed by atoms with Gasteiger partial charge in [0.15, 0.2) is 0 Å². The fourth-order valence-corrected chi connectivity index (χ4v) is 5.11. The number of rotatable bonds is 6. The second-order valence-electron chi connectivity index (χ2n) is 8.50. The van der Waals surface area contributed by atoms with Gasteiger partial charge in [0, 0.05) is 5.56 Å². The predicted octanol–water partition coefficient (Wildman–Crippen LogP) is 7.32. The number of benzene rings is 1. The summed E-state index contributed by atoms with van der Waals surface area (Å²) >= 11 is 0. The quantitative estimate of drug-likeness (QED) is 0.452. The van der Waals surface area contributed by atoms with E-state index in [1.807, 2.05) is 0 Å². The Labute approximate surface area is 171 Å². The van der Waals surface area contributed by atoms with Crippen LogP contribution in [0.3, 0.4) is 0 Å². The molecule has 1 saturated heterocycles. The Morgan fingerprint density at radius 1 is 1.00 bits per heavy atom. The van der Waals surface area contributed by atoms with Gasteiger partial charge < -0.3 is 9.47 Å². The third-order valence-corrected chi connectivity index (χ3v) is 6.63. The Bertz CT molecular complexity index is 658. The van der Waals surface area contributed by atoms with Crippen LogP contribution in [0.25, 0.3) is 0 Å². The highest BCUT2D eigenvalue weighted by Crippen LogP contribution is 2.45. The standard InChI is InChI=1S/C23H32F4O2/c1-3-5-15-6-8-16(9-7-15)17-10-12-19(29-14-17)18-11-13-20(28-4-2)21(22(18)24)23(25,26)27/h11,13,15-17,19H,3-10,12,14H2,1-2H3. The highest BCUT2D eigenvalue weighted by Gasteiger charge is 2.41. The molecule has 29 heavy (non-hydrogen) atoms. The van der Waals surface area contributed by atoms with Gasteiger partial charge in [-0.3, -0.25) is 0 Å². The topological polar surface area (TPSA) is 18.5 Å². The van der Waals surface area contributed by atoms with Crippen molar-refractivity contribution in [2.24, 2.45) is 17.8 Å². The lowest BCUT2D eigenvalue weighted by atomic mass is 9.73. The van der Waals surface area contributed by atoms with Crippen LogP contribution in [-0.2, 0) is 10.9 Å². The van der Waals surface area contributed by atoms with Gasteiger partial charge in [-0.05, 0) is 62.5 Å². The molecule has 6 heteroatoms. The molecule has 2 fully saturated rings. The SMILES string of the molecule is CCCC1CCC(C2CCC(c3ccc(OCC)c(C(F)(F)F)c3F)OC2)CC1. The molecule has 1 heterocycles. The van der Waals surface area contributed by atoms with E-state index in [0.717, 1.165) is 12.3 Å². The van der Waals surface area contributed by atoms with Crippen molar-refractivity contribution in [3.05, 3.63) is 29.1 Å². The summed E-state index contributed by atoms with van der Waals surface area (Å²) < 4.78 is 66.0. The maximum atomic E-state index is 14.8. The first-order valence-electron chi connectivity index (χ1n) is 11.0. The highest BCUT2D eigenvalue weighted by molar-refractivity contribution is 5.42. The molecule has 0 bridgehead atoms. The summed E-state index contributed by atoms with van der Waals surface area (Å²) in [4.78, 5) is 0. The Morgan fingerprint density at radius 2 is 1.69 bits per heavy atom. The first kappa shape index (κ1) is 22.4. The van der Waals surface area contributed by atoms with E-state index in [4.69, 9.17) is 9.47 Å². The van der Waals surface area contributed by atoms with E-state index in [9.17, 15) is 17.6 Å². The lowest BCUT2D eigenvalue weighted by Gasteiger charge is -2.38. The molecule has 0 radical (unpaired) electrons. The van der Waals surface area contributed by atoms with Gasteiger partial charge in [0.05, 0.1) is 19.3 Å². The molecule has 164 valence electrons. The second-order valence-corrected chi connectivity index (χ2v) is 8.50. The van der Waals surface area contributed by atoms with Crippen LogP contribution < -0.4 is 4.74 Å². The van der Waals surface area contributed by atoms with Crippen molar-refractivity contribution in [3.63, 3.8) is 0 Å². The zero-order valence-electron chi connectivity index (χ0n) is 17.4. The number of halogens is 4. The summed E-state index contributed by atoms with van der Waals surface area (Å²) in [6.07, 6.45) is 3.48. The maximum Gasteiger partial charge on any atom is 0.422 e. The zero-order valence-corrected chi connectivity index (χ0v) is 17.4. The minimum absolute atomic E-state index is 0.00844. The number of alkyl halides is 3. The molecule has 2 atom stereocenters. The molecule has 0 amide bonds. The summed E-state index contributed by atoms with van der Waals surface area (Å²) in [5.41, 5.74) is -1.33. The van der Waals surface area contributed by atoms with Crippen LogP contribution in [0.2, 0.25) is 0 Å². The molecule has 1 aliphatic carbocycles. The van der Waals surface area contributed by atoms with Crippen LogP contribution in [-0.4, -0.2) is 13.2 Å². The second kappa shape index (κ2) is 9.67. The van der Waals surface area contributed by atoms with Crippen molar-refractivity contribution in [1.82, 2.24) is 0 Å². The average molecular weight is 416 g/mol. The van der Waals surface area contributed by atoms with E-state index < -0.39 is 29.4 Å². The maximum absolute atomic E-state index is 14.8. The van der Waals surface area contributed by atoms with Crippen LogP contribution in [0.4, 0.5) is 17.6 Å². The van der Waals surface area contributed by atoms with Crippen LogP contribution >= 0.6 is 0 Å². The predicted molar refractivity (Wildman–Crippen MR) is 104 cm³/mol. The van der Waals surface area contributed by atoms with Crippen molar-refractivity contribution in [1.29, 1.82) is 0 Å². The van der Waals surface area contributed by atoms with Gasteiger partial charge in [-0.2, -0.15) is 13.2 Å². The minimum Gasteiger partial charge on any atom is -0.493 e. The molecule has 1 aliphatic heterocycles. The number of ether oxygens (including phenoxy) is 2. The van der Waals surface area contributed by atoms with Crippen molar-refractivity contribution >= 4 is 0 Å². The Kier molecular flexibility index (Phi) is 7.47. The van der Waals surface area contributed by atoms with Gasteiger partial charge in [-0.25, -0.2) is 4.39 Å². The first-order valence-corrected chi connectivity index (χ1v) is 11.0. The normalized spacial score (nSPS) is 28.3. The van der Waals surface area contributed by atoms with E-state index in [1.165, 1.54) is 50.7 Å². The lowest BCUT2D eigenvalue weighted by Crippen LogP contribution is -2.30. The summed E-state index contributed by atoms with van der Waals surface area (Å²) in [5, 5.41) is 0. The molecule has 2 unspecified atom stereocenters. The minimum atomic E-state index is -4.81. The monoisotopic (exact) mass is 416 g/mol. The molecular formula is C23H32F4O2. The Balaban J connectivity index is 1.65. The smallest absolute Gasteiger partial charge is 0.422 e. The van der Waals surface area contributed by atoms with Gasteiger partial charge in [0.25, 0.3) is 0 Å². The van der Waals surface area contributed by atoms with Crippen molar-refractivity contribution < 1.29 is 27.0 Å².